The second-order valence-corrected chi connectivity index (χ2v) is 17.9. The fourth-order valence-corrected chi connectivity index (χ4v) is 9.84. The first-order chi connectivity index (χ1) is 27.4. The van der Waals surface area contributed by atoms with Crippen molar-refractivity contribution in [2.75, 3.05) is 27.8 Å². The molecule has 7 nitrogen and oxygen atoms in total. The van der Waals surface area contributed by atoms with Crippen LogP contribution in [-0.2, 0) is 23.7 Å². The molecule has 1 unspecified atom stereocenters. The van der Waals surface area contributed by atoms with Gasteiger partial charge in [-0.3, -0.25) is 9.59 Å². The van der Waals surface area contributed by atoms with Crippen molar-refractivity contribution in [1.29, 1.82) is 0 Å². The Balaban J connectivity index is 1.34. The number of halogens is 9. The molecule has 3 aliphatic rings. The van der Waals surface area contributed by atoms with Crippen molar-refractivity contribution in [2.24, 2.45) is 29.1 Å². The lowest BCUT2D eigenvalue weighted by molar-refractivity contribution is -0.396. The molecule has 0 saturated heterocycles. The summed E-state index contributed by atoms with van der Waals surface area (Å²) >= 11 is 0. The average Bonchev–Trinajstić information content (AvgIpc) is 3.48. The summed E-state index contributed by atoms with van der Waals surface area (Å²) in [6, 6.07) is 5.77. The minimum absolute atomic E-state index is 0.0484. The molecule has 0 bridgehead atoms. The van der Waals surface area contributed by atoms with Crippen molar-refractivity contribution in [1.82, 2.24) is 0 Å². The van der Waals surface area contributed by atoms with E-state index in [1.54, 1.807) is 27.9 Å². The van der Waals surface area contributed by atoms with E-state index in [1.807, 2.05) is 18.2 Å². The molecule has 59 heavy (non-hydrogen) atoms. The molecule has 4 rings (SSSR count). The normalized spacial score (nSPS) is 25.6. The maximum absolute atomic E-state index is 14.4. The van der Waals surface area contributed by atoms with Gasteiger partial charge in [0, 0.05) is 32.1 Å². The summed E-state index contributed by atoms with van der Waals surface area (Å²) < 4.78 is 148. The zero-order chi connectivity index (χ0) is 44.0. The fraction of sp³-hybridized carbons (Fsp3) is 0.814. The second kappa shape index (κ2) is 19.6. The van der Waals surface area contributed by atoms with Crippen LogP contribution in [0.1, 0.15) is 146 Å². The van der Waals surface area contributed by atoms with E-state index in [1.165, 1.54) is 7.11 Å². The molecule has 1 aromatic carbocycles. The summed E-state index contributed by atoms with van der Waals surface area (Å²) in [5.41, 5.74) is 0.719. The maximum Gasteiger partial charge on any atom is 0.460 e. The molecule has 0 N–H and O–H groups in total. The SMILES string of the molecule is COCOc1ccc2c(c1)C(=O)[C@@H](CCCCCCCCC(CCCC(F)(F)C(F)(F)C(F)(F)C(F)(F)F)C(=O)OC(C)(C)C)[C@@H]1[C@@H]2CC[C@]2(C)[C@@H](OCOC)CC[C@@H]12. The predicted octanol–water partition coefficient (Wildman–Crippen LogP) is 12.1. The van der Waals surface area contributed by atoms with Gasteiger partial charge in [-0.05, 0) is 113 Å². The third kappa shape index (κ3) is 11.1. The van der Waals surface area contributed by atoms with Gasteiger partial charge in [-0.2, -0.15) is 39.5 Å². The molecule has 0 aliphatic heterocycles. The van der Waals surface area contributed by atoms with Gasteiger partial charge < -0.3 is 23.7 Å². The first kappa shape index (κ1) is 49.1. The molecule has 1 aromatic rings. The molecule has 2 saturated carbocycles. The summed E-state index contributed by atoms with van der Waals surface area (Å²) in [4.78, 5) is 27.3. The number of ether oxygens (including phenoxy) is 5. The van der Waals surface area contributed by atoms with Crippen molar-refractivity contribution in [2.45, 2.75) is 166 Å². The third-order valence-corrected chi connectivity index (χ3v) is 12.8. The number of carbonyl (C=O) groups excluding carboxylic acids is 2. The third-order valence-electron chi connectivity index (χ3n) is 12.8. The summed E-state index contributed by atoms with van der Waals surface area (Å²) in [5.74, 6) is -20.0. The van der Waals surface area contributed by atoms with Crippen LogP contribution >= 0.6 is 0 Å². The van der Waals surface area contributed by atoms with Gasteiger partial charge in [0.05, 0.1) is 12.0 Å². The Morgan fingerprint density at radius 3 is 2.07 bits per heavy atom. The number of hydrogen-bond donors (Lipinski definition) is 0. The number of ketones is 1. The smallest absolute Gasteiger partial charge is 0.460 e. The van der Waals surface area contributed by atoms with Gasteiger partial charge in [-0.1, -0.05) is 51.5 Å². The highest BCUT2D eigenvalue weighted by Crippen LogP contribution is 2.63. The van der Waals surface area contributed by atoms with E-state index in [0.29, 0.717) is 36.5 Å². The van der Waals surface area contributed by atoms with Crippen LogP contribution in [0.3, 0.4) is 0 Å². The number of fused-ring (bicyclic) bond motifs is 5. The number of carbonyl (C=O) groups is 2. The van der Waals surface area contributed by atoms with E-state index in [-0.39, 0.29) is 55.1 Å². The monoisotopic (exact) mass is 860 g/mol. The van der Waals surface area contributed by atoms with E-state index in [4.69, 9.17) is 23.7 Å². The van der Waals surface area contributed by atoms with Gasteiger partial charge >= 0.3 is 29.9 Å². The maximum atomic E-state index is 14.4. The summed E-state index contributed by atoms with van der Waals surface area (Å²) in [6.07, 6.45) is -1.33. The molecule has 16 heteroatoms. The number of rotatable bonds is 22. The van der Waals surface area contributed by atoms with Crippen LogP contribution in [0.2, 0.25) is 0 Å². The highest BCUT2D eigenvalue weighted by atomic mass is 19.4. The average molecular weight is 861 g/mol. The van der Waals surface area contributed by atoms with Crippen LogP contribution in [0.25, 0.3) is 0 Å². The largest absolute Gasteiger partial charge is 0.468 e. The number of alkyl halides is 9. The minimum Gasteiger partial charge on any atom is -0.468 e. The molecule has 0 aromatic heterocycles. The van der Waals surface area contributed by atoms with Crippen LogP contribution < -0.4 is 4.74 Å². The molecule has 0 amide bonds. The first-order valence-corrected chi connectivity index (χ1v) is 20.8. The van der Waals surface area contributed by atoms with Gasteiger partial charge in [0.1, 0.15) is 18.1 Å². The zero-order valence-electron chi connectivity index (χ0n) is 35.0. The lowest BCUT2D eigenvalue weighted by Crippen LogP contribution is -2.60. The van der Waals surface area contributed by atoms with E-state index in [9.17, 15) is 49.1 Å². The van der Waals surface area contributed by atoms with Crippen molar-refractivity contribution in [3.8, 4) is 5.75 Å². The standard InChI is InChI=1S/C43H61F9O7/c1-38(2,3)59-37(54)27(15-13-22-40(44,45)41(46,47)42(48,49)43(50,51)52)14-11-9-7-8-10-12-16-31-35-30(21-23-39(4)33(35)19-20-34(39)58-26-56-6)29-18-17-28(57-25-55-5)24-32(29)36(31)53/h17-18,24,27,30-31,33-35H,7-16,19-23,25-26H2,1-6H3/t27?,30-,31+,33+,34+,35+,39+/m1/s1. The Hall–Kier alpha value is -2.59. The van der Waals surface area contributed by atoms with E-state index in [0.717, 1.165) is 56.9 Å². The quantitative estimate of drug-likeness (QED) is 0.0497. The molecule has 338 valence electrons. The van der Waals surface area contributed by atoms with Crippen LogP contribution in [-0.4, -0.2) is 75.2 Å². The second-order valence-electron chi connectivity index (χ2n) is 17.9. The van der Waals surface area contributed by atoms with Gasteiger partial charge in [-0.25, -0.2) is 0 Å². The highest BCUT2D eigenvalue weighted by molar-refractivity contribution is 6.01. The Kier molecular flexibility index (Phi) is 16.3. The zero-order valence-corrected chi connectivity index (χ0v) is 35.0. The molecule has 7 atom stereocenters. The molecule has 0 spiro atoms. The Bertz CT molecular complexity index is 1550. The molecule has 3 aliphatic carbocycles. The number of Topliss-reactive ketones (excluding diaryl/α,β-unsaturated/α-hetero) is 1. The van der Waals surface area contributed by atoms with Gasteiger partial charge in [0.2, 0.25) is 0 Å². The fourth-order valence-electron chi connectivity index (χ4n) is 9.84. The molecular weight excluding hydrogens is 799 g/mol. The number of esters is 1. The lowest BCUT2D eigenvalue weighted by atomic mass is 9.51. The first-order valence-electron chi connectivity index (χ1n) is 20.8. The Morgan fingerprint density at radius 1 is 0.814 bits per heavy atom. The van der Waals surface area contributed by atoms with Crippen LogP contribution in [0.5, 0.6) is 5.75 Å². The highest BCUT2D eigenvalue weighted by Gasteiger charge is 2.81. The van der Waals surface area contributed by atoms with Crippen molar-refractivity contribution >= 4 is 11.8 Å². The molecule has 2 fully saturated rings. The predicted molar refractivity (Wildman–Crippen MR) is 201 cm³/mol. The number of methoxy groups -OCH3 is 2. The van der Waals surface area contributed by atoms with Gasteiger partial charge in [0.25, 0.3) is 0 Å². The van der Waals surface area contributed by atoms with E-state index >= 15 is 0 Å². The summed E-state index contributed by atoms with van der Waals surface area (Å²) in [6.45, 7) is 7.28. The molecule has 0 heterocycles. The summed E-state index contributed by atoms with van der Waals surface area (Å²) in [7, 11) is 3.14. The Morgan fingerprint density at radius 2 is 1.44 bits per heavy atom. The number of benzene rings is 1. The van der Waals surface area contributed by atoms with Crippen molar-refractivity contribution in [3.63, 3.8) is 0 Å². The molecule has 0 radical (unpaired) electrons. The van der Waals surface area contributed by atoms with Crippen molar-refractivity contribution in [3.05, 3.63) is 29.3 Å². The van der Waals surface area contributed by atoms with Crippen LogP contribution in [0.4, 0.5) is 39.5 Å². The number of unbranched alkanes of at least 4 members (excludes halogenated alkanes) is 5. The topological polar surface area (TPSA) is 80.3 Å². The van der Waals surface area contributed by atoms with E-state index in [2.05, 4.69) is 6.92 Å². The lowest BCUT2D eigenvalue weighted by Gasteiger charge is -2.53. The minimum atomic E-state index is -6.95. The van der Waals surface area contributed by atoms with Gasteiger partial charge in [-0.15, -0.1) is 0 Å². The van der Waals surface area contributed by atoms with E-state index < -0.39 is 60.7 Å². The van der Waals surface area contributed by atoms with Crippen molar-refractivity contribution < 1.29 is 72.8 Å². The molecular formula is C43H61F9O7. The van der Waals surface area contributed by atoms with Gasteiger partial charge in [0.15, 0.2) is 12.6 Å². The number of hydrogen-bond acceptors (Lipinski definition) is 7. The van der Waals surface area contributed by atoms with Crippen LogP contribution in [0.15, 0.2) is 18.2 Å². The Labute approximate surface area is 341 Å². The van der Waals surface area contributed by atoms with Crippen LogP contribution in [0, 0.1) is 29.1 Å². The summed E-state index contributed by atoms with van der Waals surface area (Å²) in [5, 5.41) is 0.